The molecule has 3 rings (SSSR count). The molecule has 0 aliphatic carbocycles. The second kappa shape index (κ2) is 7.32. The van der Waals surface area contributed by atoms with E-state index < -0.39 is 5.91 Å². The zero-order chi connectivity index (χ0) is 17.6. The van der Waals surface area contributed by atoms with Crippen LogP contribution in [0.5, 0.6) is 0 Å². The summed E-state index contributed by atoms with van der Waals surface area (Å²) in [5.74, 6) is -0.422. The fraction of sp³-hybridized carbons (Fsp3) is 0.105. The number of amides is 1. The Bertz CT molecular complexity index is 953. The number of aromatic amines is 1. The molecule has 6 nitrogen and oxygen atoms in total. The van der Waals surface area contributed by atoms with Crippen LogP contribution in [0.3, 0.4) is 0 Å². The van der Waals surface area contributed by atoms with E-state index in [-0.39, 0.29) is 11.6 Å². The molecule has 1 atom stereocenters. The summed E-state index contributed by atoms with van der Waals surface area (Å²) >= 11 is 0. The molecule has 3 N–H and O–H groups in total. The van der Waals surface area contributed by atoms with Gasteiger partial charge in [0.2, 0.25) is 0 Å². The molecule has 1 amide bonds. The van der Waals surface area contributed by atoms with E-state index >= 15 is 0 Å². The second-order valence-electron chi connectivity index (χ2n) is 5.55. The Kier molecular flexibility index (Phi) is 4.77. The largest absolute Gasteiger partial charge is 0.360 e. The molecule has 0 bridgehead atoms. The Balaban J connectivity index is 1.69. The number of carbonyl (C=O) groups is 1. The number of hydrogen-bond acceptors (Lipinski definition) is 4. The van der Waals surface area contributed by atoms with Crippen molar-refractivity contribution in [1.82, 2.24) is 15.3 Å². The molecule has 0 saturated carbocycles. The number of nitrogens with zero attached hydrogens (tertiary/aromatic N) is 2. The van der Waals surface area contributed by atoms with Crippen molar-refractivity contribution in [3.8, 4) is 6.07 Å². The smallest absolute Gasteiger partial charge is 0.263 e. The van der Waals surface area contributed by atoms with Gasteiger partial charge in [-0.25, -0.2) is 4.98 Å². The quantitative estimate of drug-likeness (QED) is 0.494. The molecule has 1 unspecified atom stereocenters. The SMILES string of the molecule is CC(NC(=O)/C(C#N)=C\Nc1ccc2nc[nH]c2c1)c1ccccc1. The van der Waals surface area contributed by atoms with Crippen LogP contribution < -0.4 is 10.6 Å². The standard InChI is InChI=1S/C19H17N5O/c1-13(14-5-3-2-4-6-14)24-19(25)15(10-20)11-21-16-7-8-17-18(9-16)23-12-22-17/h2-9,11-13,21H,1H3,(H,22,23)(H,24,25)/b15-11-. The van der Waals surface area contributed by atoms with Gasteiger partial charge in [0.15, 0.2) is 0 Å². The summed E-state index contributed by atoms with van der Waals surface area (Å²) in [6.07, 6.45) is 3.02. The van der Waals surface area contributed by atoms with Crippen molar-refractivity contribution in [2.24, 2.45) is 0 Å². The molecule has 0 spiro atoms. The molecule has 0 radical (unpaired) electrons. The number of anilines is 1. The molecule has 2 aromatic carbocycles. The first-order valence-electron chi connectivity index (χ1n) is 7.83. The van der Waals surface area contributed by atoms with Crippen LogP contribution in [0, 0.1) is 11.3 Å². The number of fused-ring (bicyclic) bond motifs is 1. The zero-order valence-electron chi connectivity index (χ0n) is 13.7. The first kappa shape index (κ1) is 16.3. The number of nitriles is 1. The van der Waals surface area contributed by atoms with Crippen molar-refractivity contribution in [3.63, 3.8) is 0 Å². The van der Waals surface area contributed by atoms with E-state index in [9.17, 15) is 10.1 Å². The van der Waals surface area contributed by atoms with Crippen molar-refractivity contribution in [1.29, 1.82) is 5.26 Å². The molecule has 1 aromatic heterocycles. The molecular formula is C19H17N5O. The van der Waals surface area contributed by atoms with Crippen LogP contribution >= 0.6 is 0 Å². The lowest BCUT2D eigenvalue weighted by Crippen LogP contribution is -2.28. The highest BCUT2D eigenvalue weighted by Crippen LogP contribution is 2.16. The maximum absolute atomic E-state index is 12.3. The fourth-order valence-electron chi connectivity index (χ4n) is 2.43. The summed E-state index contributed by atoms with van der Waals surface area (Å²) in [4.78, 5) is 19.5. The molecule has 0 fully saturated rings. The van der Waals surface area contributed by atoms with Crippen molar-refractivity contribution >= 4 is 22.6 Å². The minimum absolute atomic E-state index is 0.00693. The van der Waals surface area contributed by atoms with Gasteiger partial charge in [0, 0.05) is 11.9 Å². The Hall–Kier alpha value is -3.59. The summed E-state index contributed by atoms with van der Waals surface area (Å²) in [6, 6.07) is 16.9. The van der Waals surface area contributed by atoms with Crippen LogP contribution in [0.4, 0.5) is 5.69 Å². The van der Waals surface area contributed by atoms with E-state index in [1.807, 2.05) is 61.5 Å². The number of hydrogen-bond donors (Lipinski definition) is 3. The minimum atomic E-state index is -0.422. The van der Waals surface area contributed by atoms with Gasteiger partial charge < -0.3 is 15.6 Å². The van der Waals surface area contributed by atoms with Crippen LogP contribution in [0.1, 0.15) is 18.5 Å². The lowest BCUT2D eigenvalue weighted by molar-refractivity contribution is -0.117. The maximum atomic E-state index is 12.3. The van der Waals surface area contributed by atoms with E-state index in [1.165, 1.54) is 6.20 Å². The molecule has 3 aromatic rings. The number of imidazole rings is 1. The average molecular weight is 331 g/mol. The van der Waals surface area contributed by atoms with Gasteiger partial charge in [-0.05, 0) is 30.7 Å². The fourth-order valence-corrected chi connectivity index (χ4v) is 2.43. The van der Waals surface area contributed by atoms with E-state index in [4.69, 9.17) is 0 Å². The van der Waals surface area contributed by atoms with E-state index in [0.717, 1.165) is 22.3 Å². The number of aromatic nitrogens is 2. The normalized spacial score (nSPS) is 12.4. The highest BCUT2D eigenvalue weighted by molar-refractivity contribution is 5.97. The monoisotopic (exact) mass is 331 g/mol. The van der Waals surface area contributed by atoms with Gasteiger partial charge in [0.05, 0.1) is 23.4 Å². The third-order valence-corrected chi connectivity index (χ3v) is 3.82. The molecule has 6 heteroatoms. The predicted octanol–water partition coefficient (Wildman–Crippen LogP) is 3.26. The van der Waals surface area contributed by atoms with Gasteiger partial charge in [-0.1, -0.05) is 30.3 Å². The first-order chi connectivity index (χ1) is 12.2. The first-order valence-corrected chi connectivity index (χ1v) is 7.83. The van der Waals surface area contributed by atoms with E-state index in [2.05, 4.69) is 20.6 Å². The number of carbonyl (C=O) groups excluding carboxylic acids is 1. The van der Waals surface area contributed by atoms with Gasteiger partial charge in [-0.3, -0.25) is 4.79 Å². The van der Waals surface area contributed by atoms with Crippen LogP contribution in [-0.2, 0) is 4.79 Å². The topological polar surface area (TPSA) is 93.6 Å². The third kappa shape index (κ3) is 3.85. The lowest BCUT2D eigenvalue weighted by Gasteiger charge is -2.13. The van der Waals surface area contributed by atoms with Gasteiger partial charge >= 0.3 is 0 Å². The summed E-state index contributed by atoms with van der Waals surface area (Å²) in [7, 11) is 0. The van der Waals surface area contributed by atoms with E-state index in [0.29, 0.717) is 0 Å². The summed E-state index contributed by atoms with van der Waals surface area (Å²) in [5, 5.41) is 15.1. The maximum Gasteiger partial charge on any atom is 0.263 e. The van der Waals surface area contributed by atoms with Gasteiger partial charge in [0.25, 0.3) is 5.91 Å². The number of H-pyrrole nitrogens is 1. The number of rotatable bonds is 5. The predicted molar refractivity (Wildman–Crippen MR) is 96.4 cm³/mol. The number of nitrogens with one attached hydrogen (secondary N) is 3. The molecule has 1 heterocycles. The highest BCUT2D eigenvalue weighted by atomic mass is 16.1. The Morgan fingerprint density at radius 2 is 2.08 bits per heavy atom. The van der Waals surface area contributed by atoms with Gasteiger partial charge in [0.1, 0.15) is 11.6 Å². The van der Waals surface area contributed by atoms with Gasteiger partial charge in [-0.15, -0.1) is 0 Å². The summed E-state index contributed by atoms with van der Waals surface area (Å²) in [5.41, 5.74) is 3.47. The highest BCUT2D eigenvalue weighted by Gasteiger charge is 2.13. The third-order valence-electron chi connectivity index (χ3n) is 3.82. The number of benzene rings is 2. The summed E-state index contributed by atoms with van der Waals surface area (Å²) in [6.45, 7) is 1.88. The van der Waals surface area contributed by atoms with Crippen molar-refractivity contribution in [2.75, 3.05) is 5.32 Å². The molecule has 25 heavy (non-hydrogen) atoms. The molecule has 124 valence electrons. The van der Waals surface area contributed by atoms with E-state index in [1.54, 1.807) is 6.33 Å². The van der Waals surface area contributed by atoms with Crippen molar-refractivity contribution in [2.45, 2.75) is 13.0 Å². The van der Waals surface area contributed by atoms with Crippen LogP contribution in [-0.4, -0.2) is 15.9 Å². The Morgan fingerprint density at radius 3 is 2.84 bits per heavy atom. The second-order valence-corrected chi connectivity index (χ2v) is 5.55. The average Bonchev–Trinajstić information content (AvgIpc) is 3.10. The molecule has 0 aliphatic rings. The minimum Gasteiger partial charge on any atom is -0.360 e. The Morgan fingerprint density at radius 1 is 1.28 bits per heavy atom. The molecular weight excluding hydrogens is 314 g/mol. The summed E-state index contributed by atoms with van der Waals surface area (Å²) < 4.78 is 0. The van der Waals surface area contributed by atoms with Crippen LogP contribution in [0.25, 0.3) is 11.0 Å². The van der Waals surface area contributed by atoms with Crippen LogP contribution in [0.2, 0.25) is 0 Å². The van der Waals surface area contributed by atoms with Crippen molar-refractivity contribution in [3.05, 3.63) is 72.2 Å². The van der Waals surface area contributed by atoms with Gasteiger partial charge in [-0.2, -0.15) is 5.26 Å². The van der Waals surface area contributed by atoms with Crippen LogP contribution in [0.15, 0.2) is 66.6 Å². The van der Waals surface area contributed by atoms with Crippen molar-refractivity contribution < 1.29 is 4.79 Å². The lowest BCUT2D eigenvalue weighted by atomic mass is 10.1. The molecule has 0 aliphatic heterocycles. The molecule has 0 saturated heterocycles. The zero-order valence-corrected chi connectivity index (χ0v) is 13.7. The Labute approximate surface area is 145 Å².